The maximum absolute atomic E-state index is 13.0. The Bertz CT molecular complexity index is 1440. The maximum Gasteiger partial charge on any atom is 0.340 e. The molecule has 0 saturated carbocycles. The molecule has 0 amide bonds. The van der Waals surface area contributed by atoms with Crippen LogP contribution in [0.5, 0.6) is 11.5 Å². The first-order valence-corrected chi connectivity index (χ1v) is 12.6. The Kier molecular flexibility index (Phi) is 6.37. The van der Waals surface area contributed by atoms with E-state index in [2.05, 4.69) is 0 Å². The Hall–Kier alpha value is -4.83. The Labute approximate surface area is 222 Å². The van der Waals surface area contributed by atoms with Crippen LogP contribution < -0.4 is 9.47 Å². The van der Waals surface area contributed by atoms with Gasteiger partial charge in [0.1, 0.15) is 24.7 Å². The van der Waals surface area contributed by atoms with Crippen LogP contribution in [0.1, 0.15) is 38.2 Å². The first-order valence-electron chi connectivity index (χ1n) is 12.6. The molecule has 38 heavy (non-hydrogen) atoms. The molecule has 186 valence electrons. The largest absolute Gasteiger partial charge is 0.489 e. The summed E-state index contributed by atoms with van der Waals surface area (Å²) in [7, 11) is 0. The van der Waals surface area contributed by atoms with Crippen molar-refractivity contribution < 1.29 is 19.0 Å². The second-order valence-electron chi connectivity index (χ2n) is 9.21. The van der Waals surface area contributed by atoms with Gasteiger partial charge in [-0.05, 0) is 41.5 Å². The Morgan fingerprint density at radius 3 is 1.47 bits per heavy atom. The quantitative estimate of drug-likeness (QED) is 0.211. The minimum absolute atomic E-state index is 0.339. The lowest BCUT2D eigenvalue weighted by Gasteiger charge is -2.30. The average molecular weight is 499 g/mol. The normalized spacial score (nSPS) is 13.4. The number of rotatable bonds is 8. The molecule has 0 saturated heterocycles. The topological polar surface area (TPSA) is 44.8 Å². The molecule has 0 radical (unpaired) electrons. The van der Waals surface area contributed by atoms with E-state index in [0.29, 0.717) is 18.8 Å². The molecule has 0 aliphatic carbocycles. The fraction of sp³-hybridized carbons (Fsp3) is 0.0882. The van der Waals surface area contributed by atoms with E-state index in [9.17, 15) is 4.79 Å². The highest BCUT2D eigenvalue weighted by Crippen LogP contribution is 2.47. The molecule has 0 fully saturated rings. The molecular formula is C34H26O4. The van der Waals surface area contributed by atoms with Crippen molar-refractivity contribution in [2.45, 2.75) is 18.8 Å². The number of carbonyl (C=O) groups excluding carboxylic acids is 1. The van der Waals surface area contributed by atoms with Crippen molar-refractivity contribution in [1.82, 2.24) is 0 Å². The van der Waals surface area contributed by atoms with Crippen molar-refractivity contribution in [3.63, 3.8) is 0 Å². The predicted octanol–water partition coefficient (Wildman–Crippen LogP) is 7.31. The first-order chi connectivity index (χ1) is 18.7. The van der Waals surface area contributed by atoms with Crippen LogP contribution in [0.3, 0.4) is 0 Å². The van der Waals surface area contributed by atoms with Crippen molar-refractivity contribution in [1.29, 1.82) is 0 Å². The lowest BCUT2D eigenvalue weighted by Crippen LogP contribution is -2.29. The SMILES string of the molecule is O=C1OC(c2ccc(OCc3ccccc3)cc2)(c2ccc(OCc3ccccc3)cc2)c2ccccc21. The van der Waals surface area contributed by atoms with Gasteiger partial charge >= 0.3 is 5.97 Å². The van der Waals surface area contributed by atoms with Crippen LogP contribution in [0.4, 0.5) is 0 Å². The van der Waals surface area contributed by atoms with Gasteiger partial charge in [0.05, 0.1) is 5.56 Å². The number of carbonyl (C=O) groups is 1. The molecule has 1 aliphatic rings. The molecule has 0 atom stereocenters. The summed E-state index contributed by atoms with van der Waals surface area (Å²) < 4.78 is 18.2. The van der Waals surface area contributed by atoms with Crippen LogP contribution >= 0.6 is 0 Å². The van der Waals surface area contributed by atoms with Gasteiger partial charge in [0.15, 0.2) is 5.60 Å². The van der Waals surface area contributed by atoms with Crippen LogP contribution in [0, 0.1) is 0 Å². The summed E-state index contributed by atoms with van der Waals surface area (Å²) in [5.41, 5.74) is 4.22. The predicted molar refractivity (Wildman–Crippen MR) is 146 cm³/mol. The van der Waals surface area contributed by atoms with Gasteiger partial charge < -0.3 is 14.2 Å². The van der Waals surface area contributed by atoms with E-state index in [0.717, 1.165) is 39.3 Å². The lowest BCUT2D eigenvalue weighted by molar-refractivity contribution is 0.0251. The molecular weight excluding hydrogens is 472 g/mol. The summed E-state index contributed by atoms with van der Waals surface area (Å²) in [6, 6.07) is 43.2. The second-order valence-corrected chi connectivity index (χ2v) is 9.21. The molecule has 0 bridgehead atoms. The van der Waals surface area contributed by atoms with Gasteiger partial charge in [0.2, 0.25) is 0 Å². The highest BCUT2D eigenvalue weighted by Gasteiger charge is 2.48. The summed E-state index contributed by atoms with van der Waals surface area (Å²) in [6.45, 7) is 0.960. The molecule has 1 aliphatic heterocycles. The zero-order valence-electron chi connectivity index (χ0n) is 20.7. The molecule has 4 heteroatoms. The second kappa shape index (κ2) is 10.3. The summed E-state index contributed by atoms with van der Waals surface area (Å²) in [4.78, 5) is 13.0. The summed E-state index contributed by atoms with van der Waals surface area (Å²) in [5.74, 6) is 1.15. The van der Waals surface area contributed by atoms with Crippen LogP contribution in [-0.4, -0.2) is 5.97 Å². The van der Waals surface area contributed by atoms with Crippen molar-refractivity contribution >= 4 is 5.97 Å². The van der Waals surface area contributed by atoms with Gasteiger partial charge in [-0.2, -0.15) is 0 Å². The molecule has 0 N–H and O–H groups in total. The Morgan fingerprint density at radius 2 is 0.974 bits per heavy atom. The van der Waals surface area contributed by atoms with Gasteiger partial charge in [0, 0.05) is 16.7 Å². The summed E-state index contributed by atoms with van der Waals surface area (Å²) in [6.07, 6.45) is 0. The highest BCUT2D eigenvalue weighted by atomic mass is 16.6. The van der Waals surface area contributed by atoms with Gasteiger partial charge in [-0.1, -0.05) is 103 Å². The Balaban J connectivity index is 1.31. The van der Waals surface area contributed by atoms with E-state index in [1.54, 1.807) is 0 Å². The zero-order chi connectivity index (χ0) is 25.8. The highest BCUT2D eigenvalue weighted by molar-refractivity contribution is 5.96. The number of benzene rings is 5. The minimum Gasteiger partial charge on any atom is -0.489 e. The molecule has 1 heterocycles. The van der Waals surface area contributed by atoms with Gasteiger partial charge in [-0.3, -0.25) is 0 Å². The van der Waals surface area contributed by atoms with Crippen LogP contribution in [-0.2, 0) is 23.6 Å². The van der Waals surface area contributed by atoms with Crippen LogP contribution in [0.25, 0.3) is 0 Å². The number of fused-ring (bicyclic) bond motifs is 1. The van der Waals surface area contributed by atoms with Crippen molar-refractivity contribution in [3.05, 3.63) is 167 Å². The molecule has 6 rings (SSSR count). The Morgan fingerprint density at radius 1 is 0.526 bits per heavy atom. The number of cyclic esters (lactones) is 1. The lowest BCUT2D eigenvalue weighted by atomic mass is 9.80. The van der Waals surface area contributed by atoms with E-state index in [4.69, 9.17) is 14.2 Å². The monoisotopic (exact) mass is 498 g/mol. The van der Waals surface area contributed by atoms with E-state index in [1.165, 1.54) is 0 Å². The maximum atomic E-state index is 13.0. The fourth-order valence-corrected chi connectivity index (χ4v) is 4.87. The number of hydrogen-bond donors (Lipinski definition) is 0. The molecule has 0 spiro atoms. The summed E-state index contributed by atoms with van der Waals surface area (Å²) in [5, 5.41) is 0. The minimum atomic E-state index is -1.07. The standard InChI is InChI=1S/C34H26O4/c35-33-31-13-7-8-14-32(31)34(38-33,27-15-19-29(20-16-27)36-23-25-9-3-1-4-10-25)28-17-21-30(22-18-28)37-24-26-11-5-2-6-12-26/h1-22H,23-24H2. The van der Waals surface area contributed by atoms with Gasteiger partial charge in [0.25, 0.3) is 0 Å². The number of ether oxygens (including phenoxy) is 3. The number of hydrogen-bond acceptors (Lipinski definition) is 4. The van der Waals surface area contributed by atoms with Gasteiger partial charge in [-0.15, -0.1) is 0 Å². The molecule has 5 aromatic rings. The van der Waals surface area contributed by atoms with E-state index >= 15 is 0 Å². The van der Waals surface area contributed by atoms with E-state index < -0.39 is 5.60 Å². The van der Waals surface area contributed by atoms with Crippen molar-refractivity contribution in [2.75, 3.05) is 0 Å². The number of esters is 1. The fourth-order valence-electron chi connectivity index (χ4n) is 4.87. The average Bonchev–Trinajstić information content (AvgIpc) is 3.30. The molecule has 5 aromatic carbocycles. The third-order valence-electron chi connectivity index (χ3n) is 6.79. The van der Waals surface area contributed by atoms with Crippen LogP contribution in [0.15, 0.2) is 133 Å². The third kappa shape index (κ3) is 4.53. The first kappa shape index (κ1) is 23.6. The van der Waals surface area contributed by atoms with E-state index in [-0.39, 0.29) is 5.97 Å². The zero-order valence-corrected chi connectivity index (χ0v) is 20.7. The van der Waals surface area contributed by atoms with Gasteiger partial charge in [-0.25, -0.2) is 4.79 Å². The van der Waals surface area contributed by atoms with Crippen molar-refractivity contribution in [2.24, 2.45) is 0 Å². The van der Waals surface area contributed by atoms with Crippen molar-refractivity contribution in [3.8, 4) is 11.5 Å². The molecule has 0 aromatic heterocycles. The molecule has 4 nitrogen and oxygen atoms in total. The molecule has 0 unspecified atom stereocenters. The summed E-state index contributed by atoms with van der Waals surface area (Å²) >= 11 is 0. The smallest absolute Gasteiger partial charge is 0.340 e. The van der Waals surface area contributed by atoms with Crippen LogP contribution in [0.2, 0.25) is 0 Å². The van der Waals surface area contributed by atoms with E-state index in [1.807, 2.05) is 133 Å². The third-order valence-corrected chi connectivity index (χ3v) is 6.79.